The maximum Gasteiger partial charge on any atom is 0.00148 e. The van der Waals surface area contributed by atoms with Crippen molar-refractivity contribution in [1.82, 2.24) is 0 Å². The fraction of sp³-hybridized carbons (Fsp3) is 0.947. The number of hydrogen-bond donors (Lipinski definition) is 0. The van der Waals surface area contributed by atoms with Gasteiger partial charge < -0.3 is 0 Å². The topological polar surface area (TPSA) is 0 Å². The molecule has 0 aromatic carbocycles. The summed E-state index contributed by atoms with van der Waals surface area (Å²) < 4.78 is 0. The van der Waals surface area contributed by atoms with Gasteiger partial charge in [0.15, 0.2) is 0 Å². The molecule has 0 fully saturated rings. The molecule has 132 valence electrons. The van der Waals surface area contributed by atoms with E-state index >= 15 is 0 Å². The van der Waals surface area contributed by atoms with Crippen LogP contribution in [0.15, 0.2) is 0 Å². The van der Waals surface area contributed by atoms with Gasteiger partial charge in [-0.15, -0.1) is 0 Å². The highest BCUT2D eigenvalue weighted by Crippen LogP contribution is 2.62. The molecule has 0 aliphatic carbocycles. The first-order valence-electron chi connectivity index (χ1n) is 8.44. The van der Waals surface area contributed by atoms with E-state index in [0.29, 0.717) is 20.6 Å². The van der Waals surface area contributed by atoms with E-state index in [9.17, 15) is 0 Å². The van der Waals surface area contributed by atoms with Gasteiger partial charge in [0.2, 0.25) is 0 Å². The second-order valence-electron chi connectivity index (χ2n) is 10.4. The Kier molecular flexibility index (Phi) is 7.78. The third-order valence-corrected chi connectivity index (χ3v) is 12.5. The average Bonchev–Trinajstić information content (AvgIpc) is 2.15. The van der Waals surface area contributed by atoms with E-state index in [1.165, 1.54) is 4.86 Å². The van der Waals surface area contributed by atoms with E-state index < -0.39 is 0 Å². The second kappa shape index (κ2) is 7.45. The van der Waals surface area contributed by atoms with Crippen LogP contribution in [0.2, 0.25) is 0 Å². The second-order valence-corrected chi connectivity index (χ2v) is 18.7. The third kappa shape index (κ3) is 7.68. The van der Waals surface area contributed by atoms with Gasteiger partial charge in [0.05, 0.1) is 0 Å². The van der Waals surface area contributed by atoms with E-state index in [1.807, 2.05) is 0 Å². The van der Waals surface area contributed by atoms with Crippen molar-refractivity contribution in [1.29, 1.82) is 0 Å². The summed E-state index contributed by atoms with van der Waals surface area (Å²) in [6, 6.07) is 0. The molecule has 0 amide bonds. The van der Waals surface area contributed by atoms with Crippen LogP contribution < -0.4 is 0 Å². The fourth-order valence-electron chi connectivity index (χ4n) is 3.36. The van der Waals surface area contributed by atoms with Gasteiger partial charge in [-0.3, -0.25) is 0 Å². The van der Waals surface area contributed by atoms with Gasteiger partial charge in [0.1, 0.15) is 0 Å². The standard InChI is InChI=1S/C19H40P2S/c1-16(2,3)20(17(4,5)6)13-15(22)14-21(18(7,8)9)19(10,11)12/h13-14H2,1-12H3. The summed E-state index contributed by atoms with van der Waals surface area (Å²) in [4.78, 5) is 1.33. The van der Waals surface area contributed by atoms with Gasteiger partial charge in [-0.2, -0.15) is 0 Å². The van der Waals surface area contributed by atoms with Crippen LogP contribution in [0.4, 0.5) is 0 Å². The Balaban J connectivity index is 5.20. The van der Waals surface area contributed by atoms with Crippen LogP contribution in [0, 0.1) is 0 Å². The van der Waals surface area contributed by atoms with Crippen LogP contribution in [-0.4, -0.2) is 37.8 Å². The van der Waals surface area contributed by atoms with Crippen molar-refractivity contribution >= 4 is 32.9 Å². The highest BCUT2D eigenvalue weighted by atomic mass is 32.1. The predicted octanol–water partition coefficient (Wildman–Crippen LogP) is 7.51. The molecule has 0 aromatic rings. The Morgan fingerprint density at radius 2 is 0.727 bits per heavy atom. The summed E-state index contributed by atoms with van der Waals surface area (Å²) >= 11 is 5.91. The van der Waals surface area contributed by atoms with Crippen molar-refractivity contribution in [2.45, 2.75) is 104 Å². The molecule has 0 N–H and O–H groups in total. The van der Waals surface area contributed by atoms with Gasteiger partial charge in [-0.1, -0.05) is 111 Å². The zero-order chi connectivity index (χ0) is 18.1. The lowest BCUT2D eigenvalue weighted by molar-refractivity contribution is 0.707. The molecule has 0 aliphatic heterocycles. The largest absolute Gasteiger partial charge is 0.0906 e. The molecule has 0 aliphatic rings. The summed E-state index contributed by atoms with van der Waals surface area (Å²) in [6.45, 7) is 28.7. The lowest BCUT2D eigenvalue weighted by atomic mass is 10.2. The maximum atomic E-state index is 5.91. The maximum absolute atomic E-state index is 5.91. The van der Waals surface area contributed by atoms with Crippen LogP contribution in [0.5, 0.6) is 0 Å². The molecule has 0 heterocycles. The van der Waals surface area contributed by atoms with Crippen molar-refractivity contribution < 1.29 is 0 Å². The van der Waals surface area contributed by atoms with Crippen LogP contribution in [0.3, 0.4) is 0 Å². The molecular weight excluding hydrogens is 322 g/mol. The van der Waals surface area contributed by atoms with E-state index in [0.717, 1.165) is 12.3 Å². The quantitative estimate of drug-likeness (QED) is 0.368. The Bertz CT molecular complexity index is 308. The summed E-state index contributed by atoms with van der Waals surface area (Å²) in [6.07, 6.45) is 2.31. The smallest absolute Gasteiger partial charge is 0.00148 e. The minimum atomic E-state index is -0.115. The molecule has 0 atom stereocenters. The van der Waals surface area contributed by atoms with Crippen molar-refractivity contribution in [3.05, 3.63) is 0 Å². The van der Waals surface area contributed by atoms with Crippen LogP contribution in [0.1, 0.15) is 83.1 Å². The number of thiocarbonyl (C=S) groups is 1. The van der Waals surface area contributed by atoms with E-state index in [1.54, 1.807) is 0 Å². The third-order valence-electron chi connectivity index (χ3n) is 3.91. The summed E-state index contributed by atoms with van der Waals surface area (Å²) in [5, 5.41) is 1.46. The van der Waals surface area contributed by atoms with Gasteiger partial charge in [-0.05, 0) is 20.6 Å². The molecule has 0 saturated heterocycles. The Hall–Kier alpha value is 0.950. The average molecular weight is 363 g/mol. The van der Waals surface area contributed by atoms with Crippen molar-refractivity contribution in [2.24, 2.45) is 0 Å². The lowest BCUT2D eigenvalue weighted by Crippen LogP contribution is -2.32. The number of hydrogen-bond acceptors (Lipinski definition) is 1. The molecule has 22 heavy (non-hydrogen) atoms. The molecule has 0 radical (unpaired) electrons. The first kappa shape index (κ1) is 22.9. The van der Waals surface area contributed by atoms with Crippen LogP contribution in [0.25, 0.3) is 0 Å². The first-order valence-corrected chi connectivity index (χ1v) is 11.9. The minimum Gasteiger partial charge on any atom is -0.0906 e. The molecule has 0 spiro atoms. The van der Waals surface area contributed by atoms with E-state index in [-0.39, 0.29) is 15.8 Å². The van der Waals surface area contributed by atoms with E-state index in [4.69, 9.17) is 12.2 Å². The van der Waals surface area contributed by atoms with Crippen molar-refractivity contribution in [2.75, 3.05) is 12.3 Å². The molecule has 3 heteroatoms. The highest BCUT2D eigenvalue weighted by Gasteiger charge is 2.38. The van der Waals surface area contributed by atoms with Gasteiger partial charge >= 0.3 is 0 Å². The lowest BCUT2D eigenvalue weighted by Gasteiger charge is -2.44. The summed E-state index contributed by atoms with van der Waals surface area (Å²) in [5.74, 6) is 0. The zero-order valence-corrected chi connectivity index (χ0v) is 19.8. The van der Waals surface area contributed by atoms with E-state index in [2.05, 4.69) is 83.1 Å². The molecule has 0 bridgehead atoms. The normalized spacial score (nSPS) is 14.8. The zero-order valence-electron chi connectivity index (χ0n) is 17.2. The monoisotopic (exact) mass is 362 g/mol. The van der Waals surface area contributed by atoms with Gasteiger partial charge in [-0.25, -0.2) is 0 Å². The first-order chi connectivity index (χ1) is 9.37. The van der Waals surface area contributed by atoms with Crippen molar-refractivity contribution in [3.8, 4) is 0 Å². The Morgan fingerprint density at radius 3 is 0.864 bits per heavy atom. The molecule has 0 unspecified atom stereocenters. The van der Waals surface area contributed by atoms with Crippen LogP contribution >= 0.6 is 28.1 Å². The van der Waals surface area contributed by atoms with Crippen LogP contribution in [-0.2, 0) is 0 Å². The fourth-order valence-corrected chi connectivity index (χ4v) is 11.2. The van der Waals surface area contributed by atoms with Gasteiger partial charge in [0, 0.05) is 17.2 Å². The summed E-state index contributed by atoms with van der Waals surface area (Å²) in [5.41, 5.74) is 0. The predicted molar refractivity (Wildman–Crippen MR) is 115 cm³/mol. The Labute approximate surface area is 149 Å². The minimum absolute atomic E-state index is 0.115. The molecule has 0 saturated carbocycles. The molecule has 0 rings (SSSR count). The summed E-state index contributed by atoms with van der Waals surface area (Å²) in [7, 11) is -0.231. The molecular formula is C19H40P2S. The SMILES string of the molecule is CC(C)(C)P(CC(=S)CP(C(C)(C)C)C(C)(C)C)C(C)(C)C. The van der Waals surface area contributed by atoms with Crippen molar-refractivity contribution in [3.63, 3.8) is 0 Å². The molecule has 0 aromatic heterocycles. The van der Waals surface area contributed by atoms with Gasteiger partial charge in [0.25, 0.3) is 0 Å². The number of rotatable bonds is 4. The molecule has 0 nitrogen and oxygen atoms in total. The highest BCUT2D eigenvalue weighted by molar-refractivity contribution is 7.83. The Morgan fingerprint density at radius 1 is 0.545 bits per heavy atom.